The number of nitrogens with zero attached hydrogens (tertiary/aromatic N) is 1. The molecule has 1 aliphatic rings. The molecule has 1 heterocycles. The van der Waals surface area contributed by atoms with E-state index >= 15 is 0 Å². The van der Waals surface area contributed by atoms with Crippen molar-refractivity contribution in [3.63, 3.8) is 0 Å². The van der Waals surface area contributed by atoms with Crippen LogP contribution in [0.2, 0.25) is 0 Å². The van der Waals surface area contributed by atoms with Crippen molar-refractivity contribution in [1.29, 1.82) is 0 Å². The summed E-state index contributed by atoms with van der Waals surface area (Å²) in [4.78, 5) is 2.35. The molecule has 0 aliphatic carbocycles. The Morgan fingerprint density at radius 2 is 1.30 bits per heavy atom. The smallest absolute Gasteiger partial charge is 0.129 e. The van der Waals surface area contributed by atoms with E-state index in [1.807, 2.05) is 0 Å². The lowest BCUT2D eigenvalue weighted by molar-refractivity contribution is 0.193. The molecule has 0 aromatic heterocycles. The topological polar surface area (TPSA) is 29.3 Å². The molecule has 0 aromatic rings. The molecule has 1 aliphatic heterocycles. The van der Waals surface area contributed by atoms with E-state index in [2.05, 4.69) is 18.7 Å². The van der Waals surface area contributed by atoms with Crippen LogP contribution in [0.25, 0.3) is 0 Å². The normalized spacial score (nSPS) is 23.5. The van der Waals surface area contributed by atoms with E-state index < -0.39 is 6.17 Å². The second kappa shape index (κ2) is 13.2. The zero-order valence-electron chi connectivity index (χ0n) is 15.7. The van der Waals surface area contributed by atoms with Gasteiger partial charge in [0.1, 0.15) is 6.17 Å². The largest absolute Gasteiger partial charge is 0.324 e. The van der Waals surface area contributed by atoms with Gasteiger partial charge in [0, 0.05) is 25.2 Å². The Morgan fingerprint density at radius 1 is 0.826 bits per heavy atom. The number of nitrogens with two attached hydrogens (primary N) is 1. The minimum absolute atomic E-state index is 0.262. The maximum absolute atomic E-state index is 13.8. The van der Waals surface area contributed by atoms with E-state index in [1.54, 1.807) is 0 Å². The third-order valence-corrected chi connectivity index (χ3v) is 5.37. The molecule has 0 bridgehead atoms. The summed E-state index contributed by atoms with van der Waals surface area (Å²) >= 11 is 0. The lowest BCUT2D eigenvalue weighted by atomic mass is 9.99. The molecule has 2 nitrogen and oxygen atoms in total. The molecule has 3 heteroatoms. The lowest BCUT2D eigenvalue weighted by Crippen LogP contribution is -2.35. The zero-order valence-corrected chi connectivity index (χ0v) is 15.7. The molecular formula is C20H41FN2. The predicted octanol–water partition coefficient (Wildman–Crippen LogP) is 5.45. The fraction of sp³-hybridized carbons (Fsp3) is 1.00. The van der Waals surface area contributed by atoms with Crippen molar-refractivity contribution in [3.8, 4) is 0 Å². The van der Waals surface area contributed by atoms with Gasteiger partial charge in [0.15, 0.2) is 0 Å². The molecule has 1 saturated heterocycles. The second-order valence-electron chi connectivity index (χ2n) is 7.55. The fourth-order valence-corrected chi connectivity index (χ4v) is 3.77. The molecule has 1 fully saturated rings. The zero-order chi connectivity index (χ0) is 16.9. The maximum atomic E-state index is 13.8. The van der Waals surface area contributed by atoms with Gasteiger partial charge in [-0.25, -0.2) is 4.39 Å². The lowest BCUT2D eigenvalue weighted by Gasteiger charge is -2.28. The van der Waals surface area contributed by atoms with Gasteiger partial charge in [-0.2, -0.15) is 0 Å². The van der Waals surface area contributed by atoms with Gasteiger partial charge in [-0.1, -0.05) is 84.5 Å². The van der Waals surface area contributed by atoms with Crippen LogP contribution in [0.15, 0.2) is 0 Å². The first-order chi connectivity index (χ1) is 11.2. The van der Waals surface area contributed by atoms with Crippen LogP contribution in [0, 0.1) is 0 Å². The van der Waals surface area contributed by atoms with Crippen molar-refractivity contribution in [2.45, 2.75) is 116 Å². The molecule has 0 aromatic carbocycles. The summed E-state index contributed by atoms with van der Waals surface area (Å²) in [5.74, 6) is 0. The van der Waals surface area contributed by atoms with Gasteiger partial charge in [0.05, 0.1) is 0 Å². The van der Waals surface area contributed by atoms with E-state index in [0.717, 1.165) is 6.54 Å². The number of alkyl halides is 1. The Labute approximate surface area is 144 Å². The third-order valence-electron chi connectivity index (χ3n) is 5.37. The fourth-order valence-electron chi connectivity index (χ4n) is 3.77. The van der Waals surface area contributed by atoms with Crippen molar-refractivity contribution < 1.29 is 4.39 Å². The number of likely N-dealkylation sites (tertiary alicyclic amines) is 1. The van der Waals surface area contributed by atoms with Gasteiger partial charge in [-0.05, 0) is 12.8 Å². The highest BCUT2D eigenvalue weighted by molar-refractivity contribution is 4.90. The number of hydrogen-bond acceptors (Lipinski definition) is 2. The highest BCUT2D eigenvalue weighted by Crippen LogP contribution is 2.23. The SMILES string of the molecule is CCCCCCCCC(CCCCCCC)N1CC(F)[C@@H](N)C1. The molecule has 0 spiro atoms. The molecule has 0 amide bonds. The Hall–Kier alpha value is -0.150. The van der Waals surface area contributed by atoms with Crippen LogP contribution in [0.1, 0.15) is 97.3 Å². The Balaban J connectivity index is 2.27. The molecule has 1 rings (SSSR count). The Bertz CT molecular complexity index is 262. The molecule has 0 radical (unpaired) electrons. The van der Waals surface area contributed by atoms with Gasteiger partial charge in [-0.3, -0.25) is 4.90 Å². The summed E-state index contributed by atoms with van der Waals surface area (Å²) in [5.41, 5.74) is 5.89. The summed E-state index contributed by atoms with van der Waals surface area (Å²) in [7, 11) is 0. The van der Waals surface area contributed by atoms with Crippen LogP contribution in [-0.4, -0.2) is 36.2 Å². The monoisotopic (exact) mass is 328 g/mol. The van der Waals surface area contributed by atoms with Gasteiger partial charge in [0.25, 0.3) is 0 Å². The van der Waals surface area contributed by atoms with Crippen LogP contribution < -0.4 is 5.73 Å². The van der Waals surface area contributed by atoms with Crippen LogP contribution in [-0.2, 0) is 0 Å². The predicted molar refractivity (Wildman–Crippen MR) is 99.6 cm³/mol. The van der Waals surface area contributed by atoms with Gasteiger partial charge < -0.3 is 5.73 Å². The van der Waals surface area contributed by atoms with E-state index in [-0.39, 0.29) is 6.04 Å². The van der Waals surface area contributed by atoms with Crippen LogP contribution >= 0.6 is 0 Å². The average molecular weight is 329 g/mol. The van der Waals surface area contributed by atoms with Crippen LogP contribution in [0.5, 0.6) is 0 Å². The van der Waals surface area contributed by atoms with E-state index in [1.165, 1.54) is 83.5 Å². The van der Waals surface area contributed by atoms with Crippen molar-refractivity contribution in [2.75, 3.05) is 13.1 Å². The van der Waals surface area contributed by atoms with Crippen molar-refractivity contribution in [2.24, 2.45) is 5.73 Å². The highest BCUT2D eigenvalue weighted by atomic mass is 19.1. The standard InChI is InChI=1S/C20H41FN2/c1-3-5-7-9-11-13-15-18(14-12-10-8-6-4-2)23-16-19(21)20(22)17-23/h18-20H,3-17,22H2,1-2H3/t18?,19?,20-/m0/s1. The van der Waals surface area contributed by atoms with Crippen molar-refractivity contribution in [1.82, 2.24) is 4.90 Å². The first-order valence-electron chi connectivity index (χ1n) is 10.3. The number of hydrogen-bond donors (Lipinski definition) is 1. The van der Waals surface area contributed by atoms with E-state index in [9.17, 15) is 4.39 Å². The van der Waals surface area contributed by atoms with Crippen molar-refractivity contribution in [3.05, 3.63) is 0 Å². The molecule has 138 valence electrons. The Kier molecular flexibility index (Phi) is 12.0. The van der Waals surface area contributed by atoms with Gasteiger partial charge >= 0.3 is 0 Å². The minimum Gasteiger partial charge on any atom is -0.324 e. The molecule has 2 N–H and O–H groups in total. The minimum atomic E-state index is -0.817. The summed E-state index contributed by atoms with van der Waals surface area (Å²) < 4.78 is 13.8. The first kappa shape index (κ1) is 20.9. The first-order valence-corrected chi connectivity index (χ1v) is 10.3. The summed E-state index contributed by atoms with van der Waals surface area (Å²) in [6, 6.07) is 0.303. The highest BCUT2D eigenvalue weighted by Gasteiger charge is 2.33. The molecule has 2 unspecified atom stereocenters. The number of rotatable bonds is 14. The molecule has 3 atom stereocenters. The van der Waals surface area contributed by atoms with Gasteiger partial charge in [-0.15, -0.1) is 0 Å². The van der Waals surface area contributed by atoms with Crippen molar-refractivity contribution >= 4 is 0 Å². The summed E-state index contributed by atoms with van der Waals surface area (Å²) in [6.07, 6.45) is 16.3. The average Bonchev–Trinajstić information content (AvgIpc) is 2.87. The Morgan fingerprint density at radius 3 is 1.74 bits per heavy atom. The third kappa shape index (κ3) is 9.05. The van der Waals surface area contributed by atoms with E-state index in [0.29, 0.717) is 12.6 Å². The van der Waals surface area contributed by atoms with Crippen LogP contribution in [0.3, 0.4) is 0 Å². The summed E-state index contributed by atoms with van der Waals surface area (Å²) in [5, 5.41) is 0. The number of halogens is 1. The maximum Gasteiger partial charge on any atom is 0.129 e. The summed E-state index contributed by atoms with van der Waals surface area (Å²) in [6.45, 7) is 5.85. The van der Waals surface area contributed by atoms with Crippen LogP contribution in [0.4, 0.5) is 4.39 Å². The van der Waals surface area contributed by atoms with Gasteiger partial charge in [0.2, 0.25) is 0 Å². The van der Waals surface area contributed by atoms with E-state index in [4.69, 9.17) is 5.73 Å². The molecule has 0 saturated carbocycles. The molecule has 23 heavy (non-hydrogen) atoms. The second-order valence-corrected chi connectivity index (χ2v) is 7.55. The number of unbranched alkanes of at least 4 members (excludes halogenated alkanes) is 9. The molecular weight excluding hydrogens is 287 g/mol. The quantitative estimate of drug-likeness (QED) is 0.430.